The average Bonchev–Trinajstić information content (AvgIpc) is 2.77. The lowest BCUT2D eigenvalue weighted by Gasteiger charge is -2.34. The fourth-order valence-electron chi connectivity index (χ4n) is 3.82. The summed E-state index contributed by atoms with van der Waals surface area (Å²) in [5.74, 6) is -0.971. The Labute approximate surface area is 216 Å². The highest BCUT2D eigenvalue weighted by Gasteiger charge is 2.29. The van der Waals surface area contributed by atoms with E-state index in [-0.39, 0.29) is 40.9 Å². The van der Waals surface area contributed by atoms with Crippen LogP contribution in [0.25, 0.3) is 0 Å². The Hall–Kier alpha value is -3.11. The molecule has 36 heavy (non-hydrogen) atoms. The zero-order valence-electron chi connectivity index (χ0n) is 21.5. The normalized spacial score (nSPS) is 16.1. The van der Waals surface area contributed by atoms with Crippen LogP contribution in [-0.4, -0.2) is 69.9 Å². The number of piperazine rings is 1. The van der Waals surface area contributed by atoms with E-state index in [4.69, 9.17) is 21.1 Å². The number of carbonyl (C=O) groups excluding carboxylic acids is 1. The molecule has 1 unspecified atom stereocenters. The minimum atomic E-state index is -1.21. The first kappa shape index (κ1) is 27.5. The van der Waals surface area contributed by atoms with Gasteiger partial charge in [-0.25, -0.2) is 14.6 Å². The molecule has 3 N–H and O–H groups in total. The molecule has 2 aromatic heterocycles. The number of aryl methyl sites for hydroxylation is 1. The van der Waals surface area contributed by atoms with Crippen molar-refractivity contribution in [2.75, 3.05) is 31.6 Å². The van der Waals surface area contributed by atoms with Crippen LogP contribution in [0.4, 0.5) is 16.3 Å². The van der Waals surface area contributed by atoms with Gasteiger partial charge < -0.3 is 30.1 Å². The molecule has 0 saturated carbocycles. The van der Waals surface area contributed by atoms with Crippen LogP contribution in [0.15, 0.2) is 18.3 Å². The summed E-state index contributed by atoms with van der Waals surface area (Å²) in [6.07, 6.45) is 1.32. The van der Waals surface area contributed by atoms with Crippen molar-refractivity contribution in [2.24, 2.45) is 0 Å². The number of carboxylic acid groups (broad SMARTS) is 1. The fourth-order valence-corrected chi connectivity index (χ4v) is 4.00. The van der Waals surface area contributed by atoms with Gasteiger partial charge in [0.25, 0.3) is 0 Å². The number of halogens is 1. The zero-order chi connectivity index (χ0) is 26.6. The lowest BCUT2D eigenvalue weighted by Crippen LogP contribution is -2.55. The Balaban J connectivity index is 1.82. The van der Waals surface area contributed by atoms with Gasteiger partial charge in [-0.1, -0.05) is 25.4 Å². The van der Waals surface area contributed by atoms with Gasteiger partial charge >= 0.3 is 12.1 Å². The minimum absolute atomic E-state index is 0.0648. The molecule has 0 radical (unpaired) electrons. The molecule has 1 fully saturated rings. The van der Waals surface area contributed by atoms with Crippen molar-refractivity contribution < 1.29 is 24.2 Å². The topological polar surface area (TPSA) is 126 Å². The number of nitrogens with one attached hydrogen (secondary N) is 2. The number of aromatic nitrogens is 2. The summed E-state index contributed by atoms with van der Waals surface area (Å²) in [6.45, 7) is 12.9. The molecule has 3 heterocycles. The molecule has 3 rings (SSSR count). The third kappa shape index (κ3) is 6.98. The van der Waals surface area contributed by atoms with Crippen molar-refractivity contribution in [3.63, 3.8) is 0 Å². The zero-order valence-corrected chi connectivity index (χ0v) is 22.3. The molecule has 2 aromatic rings. The molecule has 1 aliphatic heterocycles. The van der Waals surface area contributed by atoms with Crippen molar-refractivity contribution in [2.45, 2.75) is 59.1 Å². The van der Waals surface area contributed by atoms with Gasteiger partial charge in [-0.15, -0.1) is 0 Å². The van der Waals surface area contributed by atoms with Crippen molar-refractivity contribution in [3.05, 3.63) is 40.3 Å². The van der Waals surface area contributed by atoms with Gasteiger partial charge in [0.1, 0.15) is 28.7 Å². The second-order valence-corrected chi connectivity index (χ2v) is 10.4. The van der Waals surface area contributed by atoms with E-state index in [1.807, 2.05) is 47.6 Å². The highest BCUT2D eigenvalue weighted by molar-refractivity contribution is 6.29. The molecule has 196 valence electrons. The number of nitrogens with zero attached hydrogens (tertiary/aromatic N) is 3. The molecule has 0 spiro atoms. The van der Waals surface area contributed by atoms with Crippen LogP contribution in [0, 0.1) is 6.92 Å². The summed E-state index contributed by atoms with van der Waals surface area (Å²) in [4.78, 5) is 35.0. The number of carbonyl (C=O) groups is 2. The Morgan fingerprint density at radius 1 is 1.36 bits per heavy atom. The Kier molecular flexibility index (Phi) is 8.63. The highest BCUT2D eigenvalue weighted by Crippen LogP contribution is 2.34. The second-order valence-electron chi connectivity index (χ2n) is 10.0. The number of hydrogen-bond acceptors (Lipinski definition) is 8. The summed E-state index contributed by atoms with van der Waals surface area (Å²) in [6, 6.07) is 2.98. The SMILES string of the molecule is Cc1ccnc(C(C)C)c1Nc1nc(Cl)cc(OCC2CN(C(=O)OC(C)(C)C)CCN2)c1C(=O)O. The molecule has 0 aliphatic carbocycles. The van der Waals surface area contributed by atoms with Gasteiger partial charge in [-0.3, -0.25) is 4.98 Å². The van der Waals surface area contributed by atoms with E-state index < -0.39 is 17.7 Å². The first-order chi connectivity index (χ1) is 16.9. The van der Waals surface area contributed by atoms with E-state index in [0.717, 1.165) is 11.3 Å². The molecule has 1 atom stereocenters. The molecule has 10 nitrogen and oxygen atoms in total. The molecular weight excluding hydrogens is 486 g/mol. The third-order valence-corrected chi connectivity index (χ3v) is 5.69. The molecule has 11 heteroatoms. The Bertz CT molecular complexity index is 1120. The predicted molar refractivity (Wildman–Crippen MR) is 138 cm³/mol. The molecule has 1 saturated heterocycles. The van der Waals surface area contributed by atoms with Crippen molar-refractivity contribution >= 4 is 35.2 Å². The van der Waals surface area contributed by atoms with Crippen molar-refractivity contribution in [3.8, 4) is 5.75 Å². The molecule has 1 amide bonds. The number of anilines is 2. The first-order valence-electron chi connectivity index (χ1n) is 11.9. The number of aromatic carboxylic acids is 1. The van der Waals surface area contributed by atoms with Crippen molar-refractivity contribution in [1.82, 2.24) is 20.2 Å². The van der Waals surface area contributed by atoms with E-state index in [0.29, 0.717) is 25.3 Å². The van der Waals surface area contributed by atoms with E-state index in [2.05, 4.69) is 20.6 Å². The number of carboxylic acids is 1. The van der Waals surface area contributed by atoms with Crippen LogP contribution in [-0.2, 0) is 4.74 Å². The van der Waals surface area contributed by atoms with Crippen molar-refractivity contribution in [1.29, 1.82) is 0 Å². The number of ether oxygens (including phenoxy) is 2. The van der Waals surface area contributed by atoms with Gasteiger partial charge in [0.05, 0.1) is 17.4 Å². The molecular formula is C25H34ClN5O5. The maximum absolute atomic E-state index is 12.5. The van der Waals surface area contributed by atoms with E-state index in [1.165, 1.54) is 6.07 Å². The smallest absolute Gasteiger partial charge is 0.410 e. The minimum Gasteiger partial charge on any atom is -0.491 e. The third-order valence-electron chi connectivity index (χ3n) is 5.49. The van der Waals surface area contributed by atoms with Gasteiger partial charge in [0.2, 0.25) is 0 Å². The van der Waals surface area contributed by atoms with Gasteiger partial charge in [0, 0.05) is 31.9 Å². The Morgan fingerprint density at radius 2 is 2.08 bits per heavy atom. The predicted octanol–water partition coefficient (Wildman–Crippen LogP) is 4.59. The maximum atomic E-state index is 12.5. The quantitative estimate of drug-likeness (QED) is 0.450. The standard InChI is InChI=1S/C25H34ClN5O5/c1-14(2)20-21(15(3)7-8-28-20)30-22-19(23(32)33)17(11-18(26)29-22)35-13-16-12-31(10-9-27-16)24(34)36-25(4,5)6/h7-8,11,14,16,27H,9-10,12-13H2,1-6H3,(H,29,30)(H,32,33). The second kappa shape index (κ2) is 11.3. The number of rotatable bonds is 7. The van der Waals surface area contributed by atoms with Crippen LogP contribution in [0.3, 0.4) is 0 Å². The van der Waals surface area contributed by atoms with Crippen LogP contribution >= 0.6 is 11.6 Å². The number of pyridine rings is 2. The average molecular weight is 520 g/mol. The highest BCUT2D eigenvalue weighted by atomic mass is 35.5. The van der Waals surface area contributed by atoms with E-state index >= 15 is 0 Å². The van der Waals surface area contributed by atoms with Gasteiger partial charge in [0.15, 0.2) is 5.82 Å². The largest absolute Gasteiger partial charge is 0.491 e. The van der Waals surface area contributed by atoms with Crippen LogP contribution in [0.2, 0.25) is 5.15 Å². The number of amides is 1. The summed E-state index contributed by atoms with van der Waals surface area (Å²) < 4.78 is 11.4. The van der Waals surface area contributed by atoms with Crippen LogP contribution in [0.5, 0.6) is 5.75 Å². The monoisotopic (exact) mass is 519 g/mol. The fraction of sp³-hybridized carbons (Fsp3) is 0.520. The molecule has 1 aliphatic rings. The summed E-state index contributed by atoms with van der Waals surface area (Å²) in [7, 11) is 0. The maximum Gasteiger partial charge on any atom is 0.410 e. The van der Waals surface area contributed by atoms with Gasteiger partial charge in [-0.05, 0) is 45.2 Å². The van der Waals surface area contributed by atoms with Gasteiger partial charge in [-0.2, -0.15) is 0 Å². The van der Waals surface area contributed by atoms with Crippen LogP contribution < -0.4 is 15.4 Å². The number of hydrogen-bond donors (Lipinski definition) is 3. The first-order valence-corrected chi connectivity index (χ1v) is 12.2. The van der Waals surface area contributed by atoms with E-state index in [1.54, 1.807) is 11.1 Å². The van der Waals surface area contributed by atoms with Crippen LogP contribution in [0.1, 0.15) is 62.2 Å². The lowest BCUT2D eigenvalue weighted by molar-refractivity contribution is 0.0178. The summed E-state index contributed by atoms with van der Waals surface area (Å²) in [5, 5.41) is 16.5. The molecule has 0 aromatic carbocycles. The lowest BCUT2D eigenvalue weighted by atomic mass is 10.0. The molecule has 0 bridgehead atoms. The summed E-state index contributed by atoms with van der Waals surface area (Å²) >= 11 is 6.26. The van der Waals surface area contributed by atoms with E-state index in [9.17, 15) is 14.7 Å². The summed E-state index contributed by atoms with van der Waals surface area (Å²) in [5.41, 5.74) is 1.62. The Morgan fingerprint density at radius 3 is 2.72 bits per heavy atom.